The summed E-state index contributed by atoms with van der Waals surface area (Å²) in [6.07, 6.45) is 5.87. The predicted molar refractivity (Wildman–Crippen MR) is 102 cm³/mol. The highest BCUT2D eigenvalue weighted by molar-refractivity contribution is 5.80. The second kappa shape index (κ2) is 7.25. The number of benzene rings is 1. The Hall–Kier alpha value is -2.50. The van der Waals surface area contributed by atoms with Gasteiger partial charge in [0.1, 0.15) is 17.5 Å². The van der Waals surface area contributed by atoms with Gasteiger partial charge in [-0.3, -0.25) is 4.79 Å². The van der Waals surface area contributed by atoms with Gasteiger partial charge in [-0.05, 0) is 45.9 Å². The van der Waals surface area contributed by atoms with Gasteiger partial charge in [-0.1, -0.05) is 6.08 Å². The van der Waals surface area contributed by atoms with Crippen molar-refractivity contribution in [3.05, 3.63) is 29.3 Å². The third kappa shape index (κ3) is 4.26. The molecule has 0 unspecified atom stereocenters. The first kappa shape index (κ1) is 19.3. The van der Waals surface area contributed by atoms with Crippen LogP contribution >= 0.6 is 0 Å². The zero-order valence-corrected chi connectivity index (χ0v) is 16.4. The monoisotopic (exact) mass is 373 g/mol. The summed E-state index contributed by atoms with van der Waals surface area (Å²) >= 11 is 0. The molecule has 1 spiro atoms. The number of ether oxygens (including phenoxy) is 3. The van der Waals surface area contributed by atoms with Crippen molar-refractivity contribution in [3.8, 4) is 11.5 Å². The number of likely N-dealkylation sites (tertiary alicyclic amines) is 1. The number of piperidine rings is 1. The minimum Gasteiger partial charge on any atom is -0.490 e. The number of hydrogen-bond donors (Lipinski definition) is 0. The average Bonchev–Trinajstić information content (AvgIpc) is 2.61. The number of carbonyl (C=O) groups excluding carboxylic acids is 2. The van der Waals surface area contributed by atoms with E-state index in [-0.39, 0.29) is 6.09 Å². The van der Waals surface area contributed by atoms with E-state index in [9.17, 15) is 9.59 Å². The van der Waals surface area contributed by atoms with Gasteiger partial charge in [0.25, 0.3) is 0 Å². The van der Waals surface area contributed by atoms with E-state index in [1.54, 1.807) is 17.0 Å². The molecule has 0 aromatic heterocycles. The molecule has 2 aliphatic rings. The van der Waals surface area contributed by atoms with Crippen LogP contribution in [0.4, 0.5) is 4.79 Å². The highest BCUT2D eigenvalue weighted by Crippen LogP contribution is 2.43. The first-order chi connectivity index (χ1) is 12.8. The van der Waals surface area contributed by atoms with Crippen molar-refractivity contribution < 1.29 is 23.8 Å². The highest BCUT2D eigenvalue weighted by atomic mass is 16.6. The van der Waals surface area contributed by atoms with Gasteiger partial charge in [0.2, 0.25) is 0 Å². The molecule has 0 atom stereocenters. The van der Waals surface area contributed by atoms with Gasteiger partial charge < -0.3 is 19.1 Å². The topological polar surface area (TPSA) is 65.1 Å². The van der Waals surface area contributed by atoms with Crippen LogP contribution in [-0.4, -0.2) is 48.2 Å². The Labute approximate surface area is 160 Å². The molecule has 2 aliphatic heterocycles. The summed E-state index contributed by atoms with van der Waals surface area (Å²) in [5, 5.41) is 0. The minimum atomic E-state index is -0.505. The van der Waals surface area contributed by atoms with E-state index in [1.165, 1.54) is 0 Å². The number of aldehydes is 1. The van der Waals surface area contributed by atoms with Crippen LogP contribution < -0.4 is 9.47 Å². The molecular formula is C21H27NO5. The summed E-state index contributed by atoms with van der Waals surface area (Å²) in [6.45, 7) is 9.10. The highest BCUT2D eigenvalue weighted by Gasteiger charge is 2.39. The molecule has 1 amide bonds. The van der Waals surface area contributed by atoms with Gasteiger partial charge in [-0.15, -0.1) is 0 Å². The van der Waals surface area contributed by atoms with E-state index >= 15 is 0 Å². The number of rotatable bonds is 3. The third-order valence-electron chi connectivity index (χ3n) is 4.68. The van der Waals surface area contributed by atoms with Crippen molar-refractivity contribution in [2.45, 2.75) is 51.7 Å². The Morgan fingerprint density at radius 1 is 1.30 bits per heavy atom. The fraction of sp³-hybridized carbons (Fsp3) is 0.524. The fourth-order valence-electron chi connectivity index (χ4n) is 3.35. The SMILES string of the molecule is CCOc1cc(C=O)cc2c1OC1(C=C2)CCN(C(=O)OC(C)(C)C)CC1. The van der Waals surface area contributed by atoms with Gasteiger partial charge in [0.05, 0.1) is 6.61 Å². The molecule has 1 fully saturated rings. The Morgan fingerprint density at radius 2 is 2.00 bits per heavy atom. The lowest BCUT2D eigenvalue weighted by molar-refractivity contribution is -0.00174. The van der Waals surface area contributed by atoms with Gasteiger partial charge in [-0.2, -0.15) is 0 Å². The predicted octanol–water partition coefficient (Wildman–Crippen LogP) is 4.07. The second-order valence-corrected chi connectivity index (χ2v) is 7.96. The van der Waals surface area contributed by atoms with Crippen LogP contribution in [0.1, 0.15) is 56.5 Å². The van der Waals surface area contributed by atoms with E-state index in [0.29, 0.717) is 49.6 Å². The van der Waals surface area contributed by atoms with E-state index < -0.39 is 11.2 Å². The Bertz CT molecular complexity index is 755. The molecule has 3 rings (SSSR count). The standard InChI is InChI=1S/C21H27NO5/c1-5-25-17-13-15(14-23)12-16-6-7-21(26-18(16)17)8-10-22(11-9-21)19(24)27-20(2,3)4/h6-7,12-14H,5,8-11H2,1-4H3. The molecule has 0 bridgehead atoms. The van der Waals surface area contributed by atoms with E-state index in [2.05, 4.69) is 0 Å². The maximum absolute atomic E-state index is 12.3. The first-order valence-corrected chi connectivity index (χ1v) is 9.37. The smallest absolute Gasteiger partial charge is 0.410 e. The molecule has 146 valence electrons. The molecule has 0 N–H and O–H groups in total. The van der Waals surface area contributed by atoms with Crippen molar-refractivity contribution in [1.82, 2.24) is 4.90 Å². The van der Waals surface area contributed by atoms with Crippen LogP contribution in [0.3, 0.4) is 0 Å². The van der Waals surface area contributed by atoms with Crippen molar-refractivity contribution in [1.29, 1.82) is 0 Å². The quantitative estimate of drug-likeness (QED) is 0.747. The molecule has 0 saturated carbocycles. The molecule has 1 saturated heterocycles. The van der Waals surface area contributed by atoms with Crippen LogP contribution in [0.2, 0.25) is 0 Å². The fourth-order valence-corrected chi connectivity index (χ4v) is 3.35. The zero-order chi connectivity index (χ0) is 19.7. The van der Waals surface area contributed by atoms with Crippen molar-refractivity contribution in [2.75, 3.05) is 19.7 Å². The van der Waals surface area contributed by atoms with E-state index in [4.69, 9.17) is 14.2 Å². The van der Waals surface area contributed by atoms with Crippen molar-refractivity contribution in [2.24, 2.45) is 0 Å². The summed E-state index contributed by atoms with van der Waals surface area (Å²) in [6, 6.07) is 3.50. The Balaban J connectivity index is 1.75. The van der Waals surface area contributed by atoms with E-state index in [0.717, 1.165) is 11.8 Å². The molecule has 27 heavy (non-hydrogen) atoms. The third-order valence-corrected chi connectivity index (χ3v) is 4.68. The lowest BCUT2D eigenvalue weighted by atomic mass is 9.88. The maximum Gasteiger partial charge on any atom is 0.410 e. The molecule has 2 heterocycles. The normalized spacial score (nSPS) is 17.9. The number of hydrogen-bond acceptors (Lipinski definition) is 5. The van der Waals surface area contributed by atoms with Gasteiger partial charge in [0.15, 0.2) is 11.5 Å². The summed E-state index contributed by atoms with van der Waals surface area (Å²) in [5.41, 5.74) is 0.416. The molecule has 6 heteroatoms. The maximum atomic E-state index is 12.3. The van der Waals surface area contributed by atoms with E-state index in [1.807, 2.05) is 39.8 Å². The van der Waals surface area contributed by atoms with Gasteiger partial charge >= 0.3 is 6.09 Å². The molecule has 0 radical (unpaired) electrons. The Morgan fingerprint density at radius 3 is 2.59 bits per heavy atom. The molecule has 1 aromatic rings. The van der Waals surface area contributed by atoms with Gasteiger partial charge in [0, 0.05) is 37.1 Å². The molecule has 1 aromatic carbocycles. The average molecular weight is 373 g/mol. The second-order valence-electron chi connectivity index (χ2n) is 7.96. The zero-order valence-electron chi connectivity index (χ0n) is 16.4. The number of carbonyl (C=O) groups is 2. The summed E-state index contributed by atoms with van der Waals surface area (Å²) in [4.78, 5) is 25.2. The first-order valence-electron chi connectivity index (χ1n) is 9.37. The number of nitrogens with zero attached hydrogens (tertiary/aromatic N) is 1. The molecule has 6 nitrogen and oxygen atoms in total. The van der Waals surface area contributed by atoms with Gasteiger partial charge in [-0.25, -0.2) is 4.79 Å². The number of fused-ring (bicyclic) bond motifs is 1. The summed E-state index contributed by atoms with van der Waals surface area (Å²) in [5.74, 6) is 1.24. The van der Waals surface area contributed by atoms with Crippen molar-refractivity contribution >= 4 is 18.5 Å². The van der Waals surface area contributed by atoms with Crippen molar-refractivity contribution in [3.63, 3.8) is 0 Å². The molecular weight excluding hydrogens is 346 g/mol. The summed E-state index contributed by atoms with van der Waals surface area (Å²) < 4.78 is 17.5. The van der Waals surface area contributed by atoms with Crippen LogP contribution in [0, 0.1) is 0 Å². The van der Waals surface area contributed by atoms with Crippen LogP contribution in [-0.2, 0) is 4.74 Å². The number of amides is 1. The summed E-state index contributed by atoms with van der Waals surface area (Å²) in [7, 11) is 0. The lowest BCUT2D eigenvalue weighted by Gasteiger charge is -2.42. The van der Waals surface area contributed by atoms with Crippen LogP contribution in [0.15, 0.2) is 18.2 Å². The lowest BCUT2D eigenvalue weighted by Crippen LogP contribution is -2.50. The minimum absolute atomic E-state index is 0.289. The van der Waals surface area contributed by atoms with Crippen LogP contribution in [0.25, 0.3) is 6.08 Å². The van der Waals surface area contributed by atoms with Crippen LogP contribution in [0.5, 0.6) is 11.5 Å². The molecule has 0 aliphatic carbocycles. The Kier molecular flexibility index (Phi) is 5.18. The largest absolute Gasteiger partial charge is 0.490 e.